The van der Waals surface area contributed by atoms with Crippen molar-refractivity contribution in [3.8, 4) is 17.2 Å². The molecule has 1 aromatic carbocycles. The lowest BCUT2D eigenvalue weighted by Crippen LogP contribution is -2.61. The SMILES string of the molecule is CCOC(=O)S1=CC(C)CN1NC1Nc2cncc(Cc3cc(OC)c(OC)c(OC)c3)c2C(N2CCNCC2)N1. The van der Waals surface area contributed by atoms with Gasteiger partial charge < -0.3 is 29.6 Å². The van der Waals surface area contributed by atoms with Crippen molar-refractivity contribution in [2.75, 3.05) is 66.0 Å². The molecule has 4 N–H and O–H groups in total. The normalized spacial score (nSPS) is 24.6. The maximum absolute atomic E-state index is 12.7. The third kappa shape index (κ3) is 6.45. The first kappa shape index (κ1) is 29.5. The number of nitrogens with zero attached hydrogens (tertiary/aromatic N) is 3. The number of rotatable bonds is 9. The molecule has 1 fully saturated rings. The number of methoxy groups -OCH3 is 3. The minimum atomic E-state index is -0.773. The molecular formula is C28H41N7O5S. The number of ether oxygens (including phenoxy) is 4. The Morgan fingerprint density at radius 1 is 1.12 bits per heavy atom. The highest BCUT2D eigenvalue weighted by molar-refractivity contribution is 8.25. The molecule has 1 aromatic heterocycles. The zero-order valence-electron chi connectivity index (χ0n) is 24.4. The standard InChI is InChI=1S/C28H41N7O5S/c1-6-40-28(36)41-17-18(2)16-35(41)33-27-31-21-15-30-14-20(24(21)26(32-27)34-9-7-29-8-10-34)11-19-12-22(37-3)25(39-5)23(13-19)38-4/h12-15,17-18,26-27,29,31-33H,6-11,16H2,1-5H3. The van der Waals surface area contributed by atoms with Gasteiger partial charge in [0.05, 0.1) is 46.0 Å². The van der Waals surface area contributed by atoms with Crippen LogP contribution < -0.4 is 35.6 Å². The number of carbonyl (C=O) groups excluding carboxylic acids is 1. The summed E-state index contributed by atoms with van der Waals surface area (Å²) in [5.41, 5.74) is 7.75. The van der Waals surface area contributed by atoms with Gasteiger partial charge in [-0.25, -0.2) is 10.2 Å². The van der Waals surface area contributed by atoms with E-state index in [1.807, 2.05) is 35.9 Å². The van der Waals surface area contributed by atoms with Crippen molar-refractivity contribution < 1.29 is 23.7 Å². The predicted molar refractivity (Wildman–Crippen MR) is 161 cm³/mol. The van der Waals surface area contributed by atoms with E-state index in [-0.39, 0.29) is 23.7 Å². The average Bonchev–Trinajstić information content (AvgIpc) is 3.36. The maximum atomic E-state index is 12.7. The molecule has 1 saturated heterocycles. The first-order valence-electron chi connectivity index (χ1n) is 14.0. The Kier molecular flexibility index (Phi) is 9.63. The number of nitrogens with one attached hydrogen (secondary N) is 4. The summed E-state index contributed by atoms with van der Waals surface area (Å²) in [4.78, 5) is 19.8. The van der Waals surface area contributed by atoms with Crippen LogP contribution in [-0.2, 0) is 11.2 Å². The second kappa shape index (κ2) is 13.4. The maximum Gasteiger partial charge on any atom is 0.376 e. The Balaban J connectivity index is 1.45. The summed E-state index contributed by atoms with van der Waals surface area (Å²) in [6.07, 6.45) is 4.05. The number of anilines is 1. The molecule has 4 unspecified atom stereocenters. The lowest BCUT2D eigenvalue weighted by molar-refractivity contribution is 0.115. The fourth-order valence-electron chi connectivity index (χ4n) is 5.54. The van der Waals surface area contributed by atoms with Gasteiger partial charge in [0.1, 0.15) is 6.29 Å². The largest absolute Gasteiger partial charge is 0.493 e. The summed E-state index contributed by atoms with van der Waals surface area (Å²) in [6.45, 7) is 8.65. The van der Waals surface area contributed by atoms with Crippen LogP contribution >= 0.6 is 10.7 Å². The van der Waals surface area contributed by atoms with Crippen molar-refractivity contribution in [1.82, 2.24) is 30.4 Å². The number of hydrogen-bond acceptors (Lipinski definition) is 12. The number of piperazine rings is 1. The predicted octanol–water partition coefficient (Wildman–Crippen LogP) is 2.50. The molecule has 3 aliphatic rings. The summed E-state index contributed by atoms with van der Waals surface area (Å²) < 4.78 is 24.1. The van der Waals surface area contributed by atoms with E-state index in [4.69, 9.17) is 18.9 Å². The van der Waals surface area contributed by atoms with Crippen LogP contribution in [0.1, 0.15) is 36.7 Å². The Hall–Kier alpha value is -2.94. The molecule has 224 valence electrons. The summed E-state index contributed by atoms with van der Waals surface area (Å²) in [6, 6.07) is 3.96. The van der Waals surface area contributed by atoms with Crippen LogP contribution in [0.2, 0.25) is 0 Å². The van der Waals surface area contributed by atoms with E-state index in [0.29, 0.717) is 36.8 Å². The van der Waals surface area contributed by atoms with Crippen LogP contribution in [0.15, 0.2) is 24.5 Å². The average molecular weight is 588 g/mol. The van der Waals surface area contributed by atoms with Crippen LogP contribution in [-0.4, -0.2) is 91.9 Å². The monoisotopic (exact) mass is 587 g/mol. The minimum Gasteiger partial charge on any atom is -0.493 e. The van der Waals surface area contributed by atoms with Crippen molar-refractivity contribution in [3.05, 3.63) is 41.2 Å². The number of aromatic nitrogens is 1. The van der Waals surface area contributed by atoms with E-state index in [2.05, 4.69) is 43.6 Å². The second-order valence-electron chi connectivity index (χ2n) is 10.2. The van der Waals surface area contributed by atoms with Crippen molar-refractivity contribution >= 4 is 27.0 Å². The van der Waals surface area contributed by atoms with Gasteiger partial charge in [-0.3, -0.25) is 15.2 Å². The van der Waals surface area contributed by atoms with Crippen molar-refractivity contribution in [1.29, 1.82) is 0 Å². The molecular weight excluding hydrogens is 546 g/mol. The topological polar surface area (TPSA) is 121 Å². The first-order valence-corrected chi connectivity index (χ1v) is 15.2. The molecule has 4 atom stereocenters. The quantitative estimate of drug-likeness (QED) is 0.255. The number of hydrazine groups is 1. The zero-order valence-corrected chi connectivity index (χ0v) is 25.2. The Bertz CT molecular complexity index is 1250. The highest BCUT2D eigenvalue weighted by Gasteiger charge is 2.36. The van der Waals surface area contributed by atoms with E-state index >= 15 is 0 Å². The van der Waals surface area contributed by atoms with E-state index in [9.17, 15) is 4.79 Å². The molecule has 0 bridgehead atoms. The van der Waals surface area contributed by atoms with Gasteiger partial charge in [-0.2, -0.15) is 4.41 Å². The van der Waals surface area contributed by atoms with Gasteiger partial charge in [0.2, 0.25) is 5.75 Å². The highest BCUT2D eigenvalue weighted by atomic mass is 32.2. The molecule has 0 saturated carbocycles. The van der Waals surface area contributed by atoms with E-state index < -0.39 is 10.7 Å². The van der Waals surface area contributed by atoms with Crippen LogP contribution in [0, 0.1) is 5.92 Å². The van der Waals surface area contributed by atoms with E-state index in [1.165, 1.54) is 0 Å². The van der Waals surface area contributed by atoms with Gasteiger partial charge in [-0.15, -0.1) is 0 Å². The van der Waals surface area contributed by atoms with Crippen LogP contribution in [0.4, 0.5) is 10.5 Å². The fourth-order valence-corrected chi connectivity index (χ4v) is 7.36. The van der Waals surface area contributed by atoms with Crippen LogP contribution in [0.25, 0.3) is 0 Å². The van der Waals surface area contributed by atoms with Gasteiger partial charge in [-0.05, 0) is 47.9 Å². The molecule has 0 aliphatic carbocycles. The Morgan fingerprint density at radius 3 is 2.51 bits per heavy atom. The number of carbonyl (C=O) groups is 1. The molecule has 0 radical (unpaired) electrons. The van der Waals surface area contributed by atoms with Gasteiger partial charge in [0.15, 0.2) is 11.5 Å². The smallest absolute Gasteiger partial charge is 0.376 e. The Labute approximate surface area is 244 Å². The summed E-state index contributed by atoms with van der Waals surface area (Å²) in [5, 5.41) is 12.7. The molecule has 5 rings (SSSR count). The van der Waals surface area contributed by atoms with Gasteiger partial charge in [0.25, 0.3) is 0 Å². The van der Waals surface area contributed by atoms with E-state index in [0.717, 1.165) is 48.6 Å². The number of benzene rings is 1. The molecule has 4 heterocycles. The molecule has 12 nitrogen and oxygen atoms in total. The van der Waals surface area contributed by atoms with E-state index in [1.54, 1.807) is 21.3 Å². The molecule has 0 spiro atoms. The summed E-state index contributed by atoms with van der Waals surface area (Å²) in [7, 11) is 4.08. The van der Waals surface area contributed by atoms with Crippen LogP contribution in [0.3, 0.4) is 0 Å². The van der Waals surface area contributed by atoms with Gasteiger partial charge in [0, 0.05) is 55.2 Å². The van der Waals surface area contributed by atoms with Crippen molar-refractivity contribution in [2.45, 2.75) is 32.7 Å². The third-order valence-electron chi connectivity index (χ3n) is 7.36. The summed E-state index contributed by atoms with van der Waals surface area (Å²) in [5.74, 6) is 2.07. The third-order valence-corrected chi connectivity index (χ3v) is 9.27. The first-order chi connectivity index (χ1) is 19.9. The minimum absolute atomic E-state index is 0.0701. The highest BCUT2D eigenvalue weighted by Crippen LogP contribution is 2.40. The van der Waals surface area contributed by atoms with Crippen molar-refractivity contribution in [2.24, 2.45) is 5.92 Å². The summed E-state index contributed by atoms with van der Waals surface area (Å²) >= 11 is 0. The van der Waals surface area contributed by atoms with Crippen LogP contribution in [0.5, 0.6) is 17.2 Å². The molecule has 2 aromatic rings. The zero-order chi connectivity index (χ0) is 28.9. The van der Waals surface area contributed by atoms with Gasteiger partial charge >= 0.3 is 5.30 Å². The van der Waals surface area contributed by atoms with Gasteiger partial charge in [-0.1, -0.05) is 6.92 Å². The number of fused-ring (bicyclic) bond motifs is 1. The molecule has 0 amide bonds. The molecule has 41 heavy (non-hydrogen) atoms. The lowest BCUT2D eigenvalue weighted by atomic mass is 9.96. The Morgan fingerprint density at radius 2 is 1.85 bits per heavy atom. The lowest BCUT2D eigenvalue weighted by Gasteiger charge is -2.44. The molecule has 13 heteroatoms. The fraction of sp³-hybridized carbons (Fsp3) is 0.536. The second-order valence-corrected chi connectivity index (χ2v) is 11.9. The number of hydrogen-bond donors (Lipinski definition) is 4. The number of pyridine rings is 1. The molecule has 3 aliphatic heterocycles. The van der Waals surface area contributed by atoms with Crippen molar-refractivity contribution in [3.63, 3.8) is 0 Å².